The van der Waals surface area contributed by atoms with Crippen molar-refractivity contribution < 1.29 is 13.3 Å². The number of sulfonamides is 1. The van der Waals surface area contributed by atoms with Crippen LogP contribution in [0.3, 0.4) is 0 Å². The van der Waals surface area contributed by atoms with Gasteiger partial charge in [0.15, 0.2) is 4.90 Å². The highest BCUT2D eigenvalue weighted by Gasteiger charge is 2.24. The Labute approximate surface area is 113 Å². The maximum absolute atomic E-state index is 12.0. The molecular formula is C11H10N2O4S2. The molecule has 0 aliphatic carbocycles. The first-order chi connectivity index (χ1) is 9.00. The number of nitro benzene ring substituents is 1. The molecule has 0 bridgehead atoms. The van der Waals surface area contributed by atoms with Crippen LogP contribution in [0.15, 0.2) is 46.0 Å². The van der Waals surface area contributed by atoms with Gasteiger partial charge in [0.25, 0.3) is 5.69 Å². The maximum atomic E-state index is 12.0. The highest BCUT2D eigenvalue weighted by atomic mass is 32.2. The van der Waals surface area contributed by atoms with E-state index >= 15 is 0 Å². The summed E-state index contributed by atoms with van der Waals surface area (Å²) < 4.78 is 26.4. The number of nitrogens with one attached hydrogen (secondary N) is 1. The van der Waals surface area contributed by atoms with Gasteiger partial charge in [0.1, 0.15) is 0 Å². The SMILES string of the molecule is O=[N+]([O-])c1ccccc1S(=O)(=O)NCc1ccsc1. The van der Waals surface area contributed by atoms with Crippen molar-refractivity contribution in [2.45, 2.75) is 11.4 Å². The lowest BCUT2D eigenvalue weighted by Gasteiger charge is -2.06. The van der Waals surface area contributed by atoms with Gasteiger partial charge in [-0.2, -0.15) is 11.3 Å². The second kappa shape index (κ2) is 5.47. The molecule has 2 aromatic rings. The number of hydrogen-bond acceptors (Lipinski definition) is 5. The normalized spacial score (nSPS) is 11.4. The second-order valence-electron chi connectivity index (χ2n) is 3.68. The van der Waals surface area contributed by atoms with E-state index in [1.165, 1.54) is 35.6 Å². The van der Waals surface area contributed by atoms with Gasteiger partial charge in [-0.15, -0.1) is 0 Å². The van der Waals surface area contributed by atoms with Crippen molar-refractivity contribution in [3.8, 4) is 0 Å². The largest absolute Gasteiger partial charge is 0.289 e. The van der Waals surface area contributed by atoms with Crippen molar-refractivity contribution in [3.05, 3.63) is 56.8 Å². The number of para-hydroxylation sites is 1. The Hall–Kier alpha value is -1.77. The van der Waals surface area contributed by atoms with Crippen LogP contribution < -0.4 is 4.72 Å². The van der Waals surface area contributed by atoms with E-state index in [2.05, 4.69) is 4.72 Å². The fourth-order valence-electron chi connectivity index (χ4n) is 1.48. The molecule has 0 radical (unpaired) electrons. The van der Waals surface area contributed by atoms with Gasteiger partial charge in [0.2, 0.25) is 10.0 Å². The monoisotopic (exact) mass is 298 g/mol. The van der Waals surface area contributed by atoms with Crippen molar-refractivity contribution in [2.24, 2.45) is 0 Å². The quantitative estimate of drug-likeness (QED) is 0.676. The molecular weight excluding hydrogens is 288 g/mol. The van der Waals surface area contributed by atoms with Gasteiger partial charge in [-0.25, -0.2) is 13.1 Å². The van der Waals surface area contributed by atoms with Gasteiger partial charge < -0.3 is 0 Å². The minimum absolute atomic E-state index is 0.109. The summed E-state index contributed by atoms with van der Waals surface area (Å²) in [6.45, 7) is 0.109. The molecule has 0 saturated heterocycles. The molecule has 0 atom stereocenters. The first-order valence-electron chi connectivity index (χ1n) is 5.25. The summed E-state index contributed by atoms with van der Waals surface area (Å²) in [5, 5.41) is 14.5. The van der Waals surface area contributed by atoms with Crippen LogP contribution in [0.25, 0.3) is 0 Å². The predicted molar refractivity (Wildman–Crippen MR) is 71.4 cm³/mol. The van der Waals surface area contributed by atoms with Gasteiger partial charge in [-0.3, -0.25) is 10.1 Å². The molecule has 0 aliphatic heterocycles. The number of benzene rings is 1. The van der Waals surface area contributed by atoms with Crippen LogP contribution in [0.1, 0.15) is 5.56 Å². The van der Waals surface area contributed by atoms with Crippen LogP contribution in [0, 0.1) is 10.1 Å². The number of nitro groups is 1. The van der Waals surface area contributed by atoms with Crippen LogP contribution in [0.2, 0.25) is 0 Å². The summed E-state index contributed by atoms with van der Waals surface area (Å²) >= 11 is 1.45. The Morgan fingerprint density at radius 2 is 2.00 bits per heavy atom. The van der Waals surface area contributed by atoms with Gasteiger partial charge in [-0.05, 0) is 28.5 Å². The molecule has 1 aromatic carbocycles. The van der Waals surface area contributed by atoms with Gasteiger partial charge >= 0.3 is 0 Å². The number of hydrogen-bond donors (Lipinski definition) is 1. The van der Waals surface area contributed by atoms with Crippen LogP contribution in [-0.4, -0.2) is 13.3 Å². The molecule has 0 amide bonds. The standard InChI is InChI=1S/C11H10N2O4S2/c14-13(15)10-3-1-2-4-11(10)19(16,17)12-7-9-5-6-18-8-9/h1-6,8,12H,7H2. The van der Waals surface area contributed by atoms with Crippen LogP contribution in [0.4, 0.5) is 5.69 Å². The summed E-state index contributed by atoms with van der Waals surface area (Å²) in [5.74, 6) is 0. The molecule has 100 valence electrons. The zero-order valence-electron chi connectivity index (χ0n) is 9.65. The summed E-state index contributed by atoms with van der Waals surface area (Å²) in [7, 11) is -3.90. The number of rotatable bonds is 5. The van der Waals surface area contributed by atoms with Gasteiger partial charge in [0, 0.05) is 12.6 Å². The lowest BCUT2D eigenvalue weighted by atomic mass is 10.3. The predicted octanol–water partition coefficient (Wildman–Crippen LogP) is 2.13. The lowest BCUT2D eigenvalue weighted by molar-refractivity contribution is -0.387. The number of thiophene rings is 1. The average molecular weight is 298 g/mol. The van der Waals surface area contributed by atoms with Gasteiger partial charge in [0.05, 0.1) is 4.92 Å². The van der Waals surface area contributed by atoms with Crippen LogP contribution in [-0.2, 0) is 16.6 Å². The fraction of sp³-hybridized carbons (Fsp3) is 0.0909. The molecule has 2 rings (SSSR count). The zero-order chi connectivity index (χ0) is 13.9. The summed E-state index contributed by atoms with van der Waals surface area (Å²) in [5.41, 5.74) is 0.382. The minimum atomic E-state index is -3.90. The van der Waals surface area contributed by atoms with Crippen molar-refractivity contribution in [1.29, 1.82) is 0 Å². The Bertz CT molecular complexity index is 680. The third-order valence-electron chi connectivity index (χ3n) is 2.40. The molecule has 1 aromatic heterocycles. The van der Waals surface area contributed by atoms with Crippen molar-refractivity contribution >= 4 is 27.0 Å². The molecule has 1 heterocycles. The molecule has 0 unspecified atom stereocenters. The molecule has 1 N–H and O–H groups in total. The third-order valence-corrected chi connectivity index (χ3v) is 4.58. The molecule has 19 heavy (non-hydrogen) atoms. The second-order valence-corrected chi connectivity index (χ2v) is 6.20. The summed E-state index contributed by atoms with van der Waals surface area (Å²) in [4.78, 5) is 9.78. The van der Waals surface area contributed by atoms with Crippen molar-refractivity contribution in [3.63, 3.8) is 0 Å². The molecule has 0 fully saturated rings. The van der Waals surface area contributed by atoms with Crippen LogP contribution >= 0.6 is 11.3 Å². The van der Waals surface area contributed by atoms with E-state index in [0.29, 0.717) is 0 Å². The average Bonchev–Trinajstić information content (AvgIpc) is 2.89. The fourth-order valence-corrected chi connectivity index (χ4v) is 3.34. The molecule has 6 nitrogen and oxygen atoms in total. The first-order valence-corrected chi connectivity index (χ1v) is 7.67. The van der Waals surface area contributed by atoms with E-state index in [4.69, 9.17) is 0 Å². The van der Waals surface area contributed by atoms with Crippen LogP contribution in [0.5, 0.6) is 0 Å². The van der Waals surface area contributed by atoms with Crippen molar-refractivity contribution in [2.75, 3.05) is 0 Å². The van der Waals surface area contributed by atoms with Crippen molar-refractivity contribution in [1.82, 2.24) is 4.72 Å². The Morgan fingerprint density at radius 3 is 2.63 bits per heavy atom. The summed E-state index contributed by atoms with van der Waals surface area (Å²) in [6, 6.07) is 7.04. The van der Waals surface area contributed by atoms with E-state index < -0.39 is 20.6 Å². The summed E-state index contributed by atoms with van der Waals surface area (Å²) in [6.07, 6.45) is 0. The Balaban J connectivity index is 2.27. The lowest BCUT2D eigenvalue weighted by Crippen LogP contribution is -2.23. The third kappa shape index (κ3) is 3.16. The first kappa shape index (κ1) is 13.7. The van der Waals surface area contributed by atoms with E-state index in [9.17, 15) is 18.5 Å². The molecule has 0 spiro atoms. The maximum Gasteiger partial charge on any atom is 0.289 e. The Morgan fingerprint density at radius 1 is 1.26 bits per heavy atom. The van der Waals surface area contributed by atoms with E-state index in [0.717, 1.165) is 5.56 Å². The van der Waals surface area contributed by atoms with E-state index in [1.54, 1.807) is 6.07 Å². The van der Waals surface area contributed by atoms with E-state index in [1.807, 2.05) is 10.8 Å². The van der Waals surface area contributed by atoms with Gasteiger partial charge in [-0.1, -0.05) is 12.1 Å². The molecule has 0 aliphatic rings. The highest BCUT2D eigenvalue weighted by molar-refractivity contribution is 7.89. The molecule has 8 heteroatoms. The minimum Gasteiger partial charge on any atom is -0.258 e. The van der Waals surface area contributed by atoms with E-state index in [-0.39, 0.29) is 11.4 Å². The number of nitrogens with zero attached hydrogens (tertiary/aromatic N) is 1. The zero-order valence-corrected chi connectivity index (χ0v) is 11.3. The highest BCUT2D eigenvalue weighted by Crippen LogP contribution is 2.22. The Kier molecular flexibility index (Phi) is 3.93. The topological polar surface area (TPSA) is 89.3 Å². The molecule has 0 saturated carbocycles. The smallest absolute Gasteiger partial charge is 0.258 e.